The van der Waals surface area contributed by atoms with E-state index in [1.165, 1.54) is 24.3 Å². The van der Waals surface area contributed by atoms with Crippen LogP contribution in [0, 0.1) is 0 Å². The van der Waals surface area contributed by atoms with Crippen LogP contribution in [0.3, 0.4) is 0 Å². The zero-order chi connectivity index (χ0) is 13.7. The third-order valence-corrected chi connectivity index (χ3v) is 2.31. The second-order valence-corrected chi connectivity index (χ2v) is 3.71. The number of benzene rings is 2. The smallest absolute Gasteiger partial charge is 0.417 e. The molecular formula is C14H11NO4. The fourth-order valence-corrected chi connectivity index (χ4v) is 1.46. The summed E-state index contributed by atoms with van der Waals surface area (Å²) < 4.78 is 5.00. The Morgan fingerprint density at radius 2 is 1.74 bits per heavy atom. The Bertz CT molecular complexity index is 595. The zero-order valence-corrected chi connectivity index (χ0v) is 9.87. The van der Waals surface area contributed by atoms with Crippen LogP contribution in [-0.4, -0.2) is 17.2 Å². The van der Waals surface area contributed by atoms with Gasteiger partial charge in [0, 0.05) is 5.69 Å². The van der Waals surface area contributed by atoms with Crippen molar-refractivity contribution in [2.24, 2.45) is 0 Å². The van der Waals surface area contributed by atoms with E-state index in [-0.39, 0.29) is 11.3 Å². The van der Waals surface area contributed by atoms with Crippen molar-refractivity contribution in [2.45, 2.75) is 0 Å². The number of ether oxygens (including phenoxy) is 1. The van der Waals surface area contributed by atoms with Gasteiger partial charge in [0.15, 0.2) is 0 Å². The van der Waals surface area contributed by atoms with Crippen molar-refractivity contribution in [3.63, 3.8) is 0 Å². The molecule has 0 bridgehead atoms. The molecule has 19 heavy (non-hydrogen) atoms. The maximum Gasteiger partial charge on any atom is 0.417 e. The molecule has 2 N–H and O–H groups in total. The van der Waals surface area contributed by atoms with Gasteiger partial charge in [0.05, 0.1) is 5.56 Å². The van der Waals surface area contributed by atoms with Crippen LogP contribution in [-0.2, 0) is 0 Å². The molecule has 0 heterocycles. The third kappa shape index (κ3) is 3.57. The molecule has 5 heteroatoms. The Balaban J connectivity index is 2.03. The SMILES string of the molecule is O=C(Nc1ccccc1)Oc1cccc(C(=O)O)c1. The number of para-hydroxylation sites is 1. The molecule has 0 aliphatic heterocycles. The van der Waals surface area contributed by atoms with Crippen molar-refractivity contribution in [2.75, 3.05) is 5.32 Å². The number of aromatic carboxylic acids is 1. The van der Waals surface area contributed by atoms with Gasteiger partial charge in [0.2, 0.25) is 0 Å². The molecule has 0 aromatic heterocycles. The second-order valence-electron chi connectivity index (χ2n) is 3.71. The Morgan fingerprint density at radius 3 is 2.42 bits per heavy atom. The average molecular weight is 257 g/mol. The summed E-state index contributed by atoms with van der Waals surface area (Å²) in [7, 11) is 0. The molecule has 0 aliphatic rings. The minimum Gasteiger partial charge on any atom is -0.478 e. The van der Waals surface area contributed by atoms with Gasteiger partial charge >= 0.3 is 12.1 Å². The normalized spacial score (nSPS) is 9.68. The van der Waals surface area contributed by atoms with Crippen molar-refractivity contribution in [3.8, 4) is 5.75 Å². The number of carboxylic acids is 1. The first-order valence-electron chi connectivity index (χ1n) is 5.52. The van der Waals surface area contributed by atoms with E-state index in [4.69, 9.17) is 9.84 Å². The molecule has 0 unspecified atom stereocenters. The number of hydrogen-bond acceptors (Lipinski definition) is 3. The van der Waals surface area contributed by atoms with Gasteiger partial charge in [0.25, 0.3) is 0 Å². The van der Waals surface area contributed by atoms with Crippen molar-refractivity contribution in [1.29, 1.82) is 0 Å². The van der Waals surface area contributed by atoms with Crippen LogP contribution >= 0.6 is 0 Å². The van der Waals surface area contributed by atoms with Crippen LogP contribution in [0.25, 0.3) is 0 Å². The number of carboxylic acid groups (broad SMARTS) is 1. The fourth-order valence-electron chi connectivity index (χ4n) is 1.46. The molecule has 0 saturated heterocycles. The van der Waals surface area contributed by atoms with E-state index in [1.807, 2.05) is 6.07 Å². The van der Waals surface area contributed by atoms with Crippen LogP contribution in [0.5, 0.6) is 5.75 Å². The molecular weight excluding hydrogens is 246 g/mol. The van der Waals surface area contributed by atoms with Gasteiger partial charge in [-0.25, -0.2) is 9.59 Å². The Kier molecular flexibility index (Phi) is 3.78. The zero-order valence-electron chi connectivity index (χ0n) is 9.87. The molecule has 0 radical (unpaired) electrons. The van der Waals surface area contributed by atoms with E-state index in [2.05, 4.69) is 5.32 Å². The van der Waals surface area contributed by atoms with Gasteiger partial charge in [-0.05, 0) is 30.3 Å². The summed E-state index contributed by atoms with van der Waals surface area (Å²) in [6.45, 7) is 0. The maximum absolute atomic E-state index is 11.6. The monoisotopic (exact) mass is 257 g/mol. The van der Waals surface area contributed by atoms with E-state index in [1.54, 1.807) is 24.3 Å². The summed E-state index contributed by atoms with van der Waals surface area (Å²) in [6, 6.07) is 14.5. The largest absolute Gasteiger partial charge is 0.478 e. The molecule has 0 atom stereocenters. The second kappa shape index (κ2) is 5.68. The lowest BCUT2D eigenvalue weighted by Crippen LogP contribution is -2.16. The predicted molar refractivity (Wildman–Crippen MR) is 69.5 cm³/mol. The van der Waals surface area contributed by atoms with Gasteiger partial charge in [-0.2, -0.15) is 0 Å². The highest BCUT2D eigenvalue weighted by Gasteiger charge is 2.08. The molecule has 2 aromatic rings. The first-order valence-corrected chi connectivity index (χ1v) is 5.52. The highest BCUT2D eigenvalue weighted by atomic mass is 16.6. The summed E-state index contributed by atoms with van der Waals surface area (Å²) >= 11 is 0. The van der Waals surface area contributed by atoms with E-state index in [9.17, 15) is 9.59 Å². The number of rotatable bonds is 3. The standard InChI is InChI=1S/C14H11NO4/c16-13(17)10-5-4-8-12(9-10)19-14(18)15-11-6-2-1-3-7-11/h1-9H,(H,15,18)(H,16,17). The van der Waals surface area contributed by atoms with E-state index in [0.717, 1.165) is 0 Å². The number of carbonyl (C=O) groups is 2. The Hall–Kier alpha value is -2.82. The van der Waals surface area contributed by atoms with Crippen LogP contribution in [0.2, 0.25) is 0 Å². The van der Waals surface area contributed by atoms with Crippen LogP contribution in [0.4, 0.5) is 10.5 Å². The van der Waals surface area contributed by atoms with Gasteiger partial charge in [-0.15, -0.1) is 0 Å². The van der Waals surface area contributed by atoms with E-state index in [0.29, 0.717) is 5.69 Å². The molecule has 0 spiro atoms. The van der Waals surface area contributed by atoms with E-state index >= 15 is 0 Å². The van der Waals surface area contributed by atoms with Crippen LogP contribution in [0.15, 0.2) is 54.6 Å². The van der Waals surface area contributed by atoms with Crippen LogP contribution in [0.1, 0.15) is 10.4 Å². The lowest BCUT2D eigenvalue weighted by atomic mass is 10.2. The van der Waals surface area contributed by atoms with Crippen LogP contribution < -0.4 is 10.1 Å². The summed E-state index contributed by atoms with van der Waals surface area (Å²) in [5.41, 5.74) is 0.659. The third-order valence-electron chi connectivity index (χ3n) is 2.31. The molecule has 1 amide bonds. The number of amides is 1. The number of hydrogen-bond donors (Lipinski definition) is 2. The molecule has 5 nitrogen and oxygen atoms in total. The van der Waals surface area contributed by atoms with Gasteiger partial charge in [-0.1, -0.05) is 24.3 Å². The lowest BCUT2D eigenvalue weighted by Gasteiger charge is -2.06. The lowest BCUT2D eigenvalue weighted by molar-refractivity contribution is 0.0696. The average Bonchev–Trinajstić information content (AvgIpc) is 2.40. The first-order chi connectivity index (χ1) is 9.15. The molecule has 96 valence electrons. The summed E-state index contributed by atoms with van der Waals surface area (Å²) in [6.07, 6.45) is -0.672. The fraction of sp³-hybridized carbons (Fsp3) is 0. The minimum atomic E-state index is -1.08. The Morgan fingerprint density at radius 1 is 1.00 bits per heavy atom. The molecule has 2 rings (SSSR count). The van der Waals surface area contributed by atoms with Crippen molar-refractivity contribution < 1.29 is 19.4 Å². The molecule has 0 fully saturated rings. The van der Waals surface area contributed by atoms with Gasteiger partial charge in [0.1, 0.15) is 5.75 Å². The topological polar surface area (TPSA) is 75.6 Å². The molecule has 0 aliphatic carbocycles. The highest BCUT2D eigenvalue weighted by Crippen LogP contribution is 2.14. The van der Waals surface area contributed by atoms with Gasteiger partial charge in [-0.3, -0.25) is 5.32 Å². The van der Waals surface area contributed by atoms with Gasteiger partial charge < -0.3 is 9.84 Å². The number of anilines is 1. The number of nitrogens with one attached hydrogen (secondary N) is 1. The summed E-state index contributed by atoms with van der Waals surface area (Å²) in [4.78, 5) is 22.4. The first kappa shape index (κ1) is 12.6. The maximum atomic E-state index is 11.6. The predicted octanol–water partition coefficient (Wildman–Crippen LogP) is 3.00. The Labute approximate surface area is 109 Å². The number of carbonyl (C=O) groups excluding carboxylic acids is 1. The van der Waals surface area contributed by atoms with Crippen molar-refractivity contribution in [1.82, 2.24) is 0 Å². The molecule has 2 aromatic carbocycles. The van der Waals surface area contributed by atoms with Crippen molar-refractivity contribution in [3.05, 3.63) is 60.2 Å². The summed E-state index contributed by atoms with van der Waals surface area (Å²) in [5.74, 6) is -0.901. The van der Waals surface area contributed by atoms with E-state index < -0.39 is 12.1 Å². The molecule has 0 saturated carbocycles. The highest BCUT2D eigenvalue weighted by molar-refractivity contribution is 5.89. The quantitative estimate of drug-likeness (QED) is 0.886. The minimum absolute atomic E-state index is 0.0602. The van der Waals surface area contributed by atoms with Crippen molar-refractivity contribution >= 4 is 17.7 Å². The summed E-state index contributed by atoms with van der Waals surface area (Å²) in [5, 5.41) is 11.4.